The zero-order valence-electron chi connectivity index (χ0n) is 9.83. The molecule has 102 valence electrons. The van der Waals surface area contributed by atoms with E-state index in [0.717, 1.165) is 0 Å². The quantitative estimate of drug-likeness (QED) is 0.500. The third-order valence-electron chi connectivity index (χ3n) is 2.81. The van der Waals surface area contributed by atoms with E-state index in [4.69, 9.17) is 5.73 Å². The van der Waals surface area contributed by atoms with E-state index >= 15 is 0 Å². The Kier molecular flexibility index (Phi) is 4.50. The number of anilines is 1. The van der Waals surface area contributed by atoms with Crippen molar-refractivity contribution in [2.24, 2.45) is 11.7 Å². The molecule has 3 N–H and O–H groups in total. The Labute approximate surface area is 101 Å². The van der Waals surface area contributed by atoms with Gasteiger partial charge in [0.15, 0.2) is 23.3 Å². The zero-order valence-corrected chi connectivity index (χ0v) is 9.83. The highest BCUT2D eigenvalue weighted by Crippen LogP contribution is 2.28. The molecular formula is C11H13F5N2. The van der Waals surface area contributed by atoms with Crippen LogP contribution in [0.2, 0.25) is 0 Å². The van der Waals surface area contributed by atoms with Crippen molar-refractivity contribution in [1.82, 2.24) is 0 Å². The van der Waals surface area contributed by atoms with Crippen LogP contribution in [0.1, 0.15) is 13.8 Å². The van der Waals surface area contributed by atoms with Crippen molar-refractivity contribution in [1.29, 1.82) is 0 Å². The monoisotopic (exact) mass is 268 g/mol. The smallest absolute Gasteiger partial charge is 0.200 e. The number of nitrogens with one attached hydrogen (secondary N) is 1. The highest BCUT2D eigenvalue weighted by Gasteiger charge is 2.27. The van der Waals surface area contributed by atoms with Crippen LogP contribution in [-0.4, -0.2) is 12.6 Å². The minimum absolute atomic E-state index is 0.194. The van der Waals surface area contributed by atoms with Gasteiger partial charge in [0.25, 0.3) is 0 Å². The van der Waals surface area contributed by atoms with Crippen LogP contribution in [0, 0.1) is 35.0 Å². The van der Waals surface area contributed by atoms with Gasteiger partial charge in [-0.15, -0.1) is 0 Å². The lowest BCUT2D eigenvalue weighted by molar-refractivity contribution is 0.379. The number of hydrogen-bond acceptors (Lipinski definition) is 2. The second-order valence-electron chi connectivity index (χ2n) is 4.09. The summed E-state index contributed by atoms with van der Waals surface area (Å²) in [6, 6.07) is -0.539. The summed E-state index contributed by atoms with van der Waals surface area (Å²) in [7, 11) is 0. The molecular weight excluding hydrogens is 255 g/mol. The van der Waals surface area contributed by atoms with Crippen molar-refractivity contribution in [3.05, 3.63) is 29.1 Å². The Balaban J connectivity index is 3.18. The van der Waals surface area contributed by atoms with E-state index in [9.17, 15) is 22.0 Å². The van der Waals surface area contributed by atoms with Crippen LogP contribution >= 0.6 is 0 Å². The summed E-state index contributed by atoms with van der Waals surface area (Å²) in [4.78, 5) is 0. The lowest BCUT2D eigenvalue weighted by atomic mass is 10.0. The van der Waals surface area contributed by atoms with Crippen LogP contribution in [0.5, 0.6) is 0 Å². The lowest BCUT2D eigenvalue weighted by Crippen LogP contribution is -2.30. The van der Waals surface area contributed by atoms with E-state index in [0.29, 0.717) is 0 Å². The minimum Gasteiger partial charge on any atom is -0.377 e. The molecule has 0 aromatic heterocycles. The van der Waals surface area contributed by atoms with E-state index in [-0.39, 0.29) is 12.5 Å². The Morgan fingerprint density at radius 2 is 1.28 bits per heavy atom. The van der Waals surface area contributed by atoms with Crippen molar-refractivity contribution in [2.45, 2.75) is 19.9 Å². The summed E-state index contributed by atoms with van der Waals surface area (Å²) in [6.07, 6.45) is 0. The fraction of sp³-hybridized carbons (Fsp3) is 0.455. The van der Waals surface area contributed by atoms with Crippen LogP contribution < -0.4 is 11.1 Å². The minimum atomic E-state index is -2.17. The molecule has 0 saturated heterocycles. The van der Waals surface area contributed by atoms with Crippen LogP contribution in [0.25, 0.3) is 0 Å². The van der Waals surface area contributed by atoms with E-state index in [1.165, 1.54) is 6.92 Å². The predicted molar refractivity (Wildman–Crippen MR) is 57.5 cm³/mol. The normalized spacial score (nSPS) is 14.4. The van der Waals surface area contributed by atoms with Gasteiger partial charge in [-0.2, -0.15) is 0 Å². The van der Waals surface area contributed by atoms with E-state index in [1.807, 2.05) is 0 Å². The summed E-state index contributed by atoms with van der Waals surface area (Å²) in [5.74, 6) is -10.0. The Bertz CT molecular complexity index is 421. The Morgan fingerprint density at radius 3 is 1.67 bits per heavy atom. The highest BCUT2D eigenvalue weighted by molar-refractivity contribution is 5.48. The Morgan fingerprint density at radius 1 is 0.889 bits per heavy atom. The lowest BCUT2D eigenvalue weighted by Gasteiger charge is -2.21. The summed E-state index contributed by atoms with van der Waals surface area (Å²) >= 11 is 0. The topological polar surface area (TPSA) is 38.0 Å². The van der Waals surface area contributed by atoms with Gasteiger partial charge in [0.2, 0.25) is 5.82 Å². The molecule has 0 heterocycles. The third kappa shape index (κ3) is 2.55. The van der Waals surface area contributed by atoms with Gasteiger partial charge in [0, 0.05) is 6.04 Å². The zero-order chi connectivity index (χ0) is 14.0. The molecule has 0 saturated carbocycles. The molecule has 0 aliphatic carbocycles. The maximum absolute atomic E-state index is 13.3. The first-order valence-electron chi connectivity index (χ1n) is 5.29. The van der Waals surface area contributed by atoms with Crippen molar-refractivity contribution < 1.29 is 22.0 Å². The molecule has 1 rings (SSSR count). The van der Waals surface area contributed by atoms with Crippen molar-refractivity contribution in [3.63, 3.8) is 0 Å². The molecule has 2 nitrogen and oxygen atoms in total. The van der Waals surface area contributed by atoms with Gasteiger partial charge in [-0.3, -0.25) is 0 Å². The third-order valence-corrected chi connectivity index (χ3v) is 2.81. The average Bonchev–Trinajstić information content (AvgIpc) is 2.37. The van der Waals surface area contributed by atoms with E-state index < -0.39 is 40.8 Å². The number of rotatable bonds is 4. The van der Waals surface area contributed by atoms with Gasteiger partial charge in [-0.25, -0.2) is 22.0 Å². The fourth-order valence-electron chi connectivity index (χ4n) is 1.31. The molecule has 0 bridgehead atoms. The summed E-state index contributed by atoms with van der Waals surface area (Å²) < 4.78 is 65.2. The molecule has 2 unspecified atom stereocenters. The number of halogens is 5. The van der Waals surface area contributed by atoms with Crippen LogP contribution in [0.4, 0.5) is 27.6 Å². The van der Waals surface area contributed by atoms with Crippen LogP contribution in [0.3, 0.4) is 0 Å². The molecule has 2 atom stereocenters. The van der Waals surface area contributed by atoms with E-state index in [2.05, 4.69) is 5.32 Å². The average molecular weight is 268 g/mol. The maximum atomic E-state index is 13.3. The fourth-order valence-corrected chi connectivity index (χ4v) is 1.31. The maximum Gasteiger partial charge on any atom is 0.200 e. The predicted octanol–water partition coefficient (Wildman–Crippen LogP) is 2.78. The van der Waals surface area contributed by atoms with Crippen LogP contribution in [0.15, 0.2) is 0 Å². The van der Waals surface area contributed by atoms with Crippen molar-refractivity contribution >= 4 is 5.69 Å². The second kappa shape index (κ2) is 5.51. The molecule has 0 aliphatic rings. The summed E-state index contributed by atoms with van der Waals surface area (Å²) in [5.41, 5.74) is 4.32. The van der Waals surface area contributed by atoms with Gasteiger partial charge < -0.3 is 11.1 Å². The van der Waals surface area contributed by atoms with Crippen molar-refractivity contribution in [2.75, 3.05) is 11.9 Å². The van der Waals surface area contributed by atoms with Crippen LogP contribution in [-0.2, 0) is 0 Å². The number of nitrogens with two attached hydrogens (primary N) is 1. The molecule has 18 heavy (non-hydrogen) atoms. The standard InChI is InChI=1S/C11H13F5N2/c1-4(3-17)5(2)18-11-9(15)7(13)6(12)8(14)10(11)16/h4-5,18H,3,17H2,1-2H3. The van der Waals surface area contributed by atoms with Gasteiger partial charge in [-0.05, 0) is 19.4 Å². The van der Waals surface area contributed by atoms with Gasteiger partial charge in [-0.1, -0.05) is 6.92 Å². The van der Waals surface area contributed by atoms with Crippen molar-refractivity contribution in [3.8, 4) is 0 Å². The second-order valence-corrected chi connectivity index (χ2v) is 4.09. The molecule has 1 aromatic carbocycles. The summed E-state index contributed by atoms with van der Waals surface area (Å²) in [6.45, 7) is 3.43. The molecule has 0 aliphatic heterocycles. The highest BCUT2D eigenvalue weighted by atomic mass is 19.2. The molecule has 0 fully saturated rings. The van der Waals surface area contributed by atoms with Gasteiger partial charge in [0.1, 0.15) is 5.69 Å². The summed E-state index contributed by atoms with van der Waals surface area (Å²) in [5, 5.41) is 2.26. The largest absolute Gasteiger partial charge is 0.377 e. The van der Waals surface area contributed by atoms with Gasteiger partial charge >= 0.3 is 0 Å². The van der Waals surface area contributed by atoms with E-state index in [1.54, 1.807) is 6.92 Å². The SMILES string of the molecule is CC(CN)C(C)Nc1c(F)c(F)c(F)c(F)c1F. The molecule has 0 radical (unpaired) electrons. The first-order valence-corrected chi connectivity index (χ1v) is 5.29. The molecule has 7 heteroatoms. The molecule has 1 aromatic rings. The number of benzene rings is 1. The van der Waals surface area contributed by atoms with Gasteiger partial charge in [0.05, 0.1) is 0 Å². The number of hydrogen-bond donors (Lipinski definition) is 2. The molecule has 0 spiro atoms. The Hall–Kier alpha value is -1.37. The first-order chi connectivity index (χ1) is 8.31. The molecule has 0 amide bonds. The first kappa shape index (κ1) is 14.7.